The summed E-state index contributed by atoms with van der Waals surface area (Å²) in [7, 11) is 0. The number of rotatable bonds is 5. The highest BCUT2D eigenvalue weighted by Crippen LogP contribution is 2.38. The van der Waals surface area contributed by atoms with Crippen molar-refractivity contribution in [1.82, 2.24) is 25.7 Å². The predicted octanol–water partition coefficient (Wildman–Crippen LogP) is 1.76. The number of urea groups is 1. The first-order valence-corrected chi connectivity index (χ1v) is 8.89. The van der Waals surface area contributed by atoms with Crippen molar-refractivity contribution in [2.75, 3.05) is 13.1 Å². The molecule has 7 nitrogen and oxygen atoms in total. The van der Waals surface area contributed by atoms with Crippen LogP contribution >= 0.6 is 0 Å². The standard InChI is InChI=1S/C16H25N5O2/c22-16(17-9-14-19-15(20-23-14)11-5-6-11)18-12-7-8-21(10-12)13-3-1-2-4-13/h11-13H,1-10H2,(H2,17,18,22)/t12-/m1/s1. The van der Waals surface area contributed by atoms with Gasteiger partial charge in [0, 0.05) is 31.1 Å². The van der Waals surface area contributed by atoms with Gasteiger partial charge in [0.1, 0.15) is 0 Å². The molecule has 2 heterocycles. The third-order valence-electron chi connectivity index (χ3n) is 5.22. The van der Waals surface area contributed by atoms with Crippen LogP contribution in [0.2, 0.25) is 0 Å². The third kappa shape index (κ3) is 3.65. The van der Waals surface area contributed by atoms with Gasteiger partial charge < -0.3 is 15.2 Å². The molecular formula is C16H25N5O2. The van der Waals surface area contributed by atoms with Gasteiger partial charge in [-0.25, -0.2) is 4.79 Å². The van der Waals surface area contributed by atoms with Crippen LogP contribution in [0.1, 0.15) is 62.6 Å². The molecule has 1 aliphatic heterocycles. The Morgan fingerprint density at radius 2 is 2.04 bits per heavy atom. The quantitative estimate of drug-likeness (QED) is 0.864. The maximum atomic E-state index is 12.0. The van der Waals surface area contributed by atoms with Gasteiger partial charge in [0.25, 0.3) is 0 Å². The van der Waals surface area contributed by atoms with Crippen molar-refractivity contribution in [2.24, 2.45) is 0 Å². The number of carbonyl (C=O) groups is 1. The van der Waals surface area contributed by atoms with Crippen molar-refractivity contribution in [1.29, 1.82) is 0 Å². The number of aromatic nitrogens is 2. The summed E-state index contributed by atoms with van der Waals surface area (Å²) in [6, 6.07) is 0.846. The van der Waals surface area contributed by atoms with Gasteiger partial charge in [0.2, 0.25) is 5.89 Å². The lowest BCUT2D eigenvalue weighted by atomic mass is 10.2. The summed E-state index contributed by atoms with van der Waals surface area (Å²) in [4.78, 5) is 18.9. The van der Waals surface area contributed by atoms with E-state index in [-0.39, 0.29) is 12.1 Å². The molecule has 23 heavy (non-hydrogen) atoms. The first-order valence-electron chi connectivity index (χ1n) is 8.89. The number of carbonyl (C=O) groups excluding carboxylic acids is 1. The molecule has 1 aromatic rings. The van der Waals surface area contributed by atoms with Crippen molar-refractivity contribution >= 4 is 6.03 Å². The Hall–Kier alpha value is -1.63. The monoisotopic (exact) mass is 319 g/mol. The van der Waals surface area contributed by atoms with E-state index in [0.29, 0.717) is 18.4 Å². The Kier molecular flexibility index (Phi) is 4.20. The molecule has 7 heteroatoms. The molecule has 1 atom stereocenters. The van der Waals surface area contributed by atoms with E-state index in [4.69, 9.17) is 4.52 Å². The molecule has 0 aromatic carbocycles. The molecule has 0 bridgehead atoms. The van der Waals surface area contributed by atoms with Crippen LogP contribution in [0.25, 0.3) is 0 Å². The fraction of sp³-hybridized carbons (Fsp3) is 0.812. The van der Waals surface area contributed by atoms with Gasteiger partial charge >= 0.3 is 6.03 Å². The summed E-state index contributed by atoms with van der Waals surface area (Å²) in [5, 5.41) is 9.83. The van der Waals surface area contributed by atoms with Crippen molar-refractivity contribution in [3.05, 3.63) is 11.7 Å². The molecule has 3 fully saturated rings. The lowest BCUT2D eigenvalue weighted by Crippen LogP contribution is -2.43. The lowest BCUT2D eigenvalue weighted by Gasteiger charge is -2.23. The molecule has 1 saturated heterocycles. The fourth-order valence-electron chi connectivity index (χ4n) is 3.75. The molecule has 2 aliphatic carbocycles. The van der Waals surface area contributed by atoms with Crippen LogP contribution in [-0.2, 0) is 6.54 Å². The van der Waals surface area contributed by atoms with E-state index in [1.54, 1.807) is 0 Å². The molecule has 126 valence electrons. The Labute approximate surface area is 136 Å². The van der Waals surface area contributed by atoms with Crippen molar-refractivity contribution in [3.63, 3.8) is 0 Å². The van der Waals surface area contributed by atoms with Gasteiger partial charge in [-0.1, -0.05) is 18.0 Å². The molecule has 0 unspecified atom stereocenters. The highest BCUT2D eigenvalue weighted by Gasteiger charge is 2.31. The van der Waals surface area contributed by atoms with E-state index in [1.165, 1.54) is 25.7 Å². The number of hydrogen-bond acceptors (Lipinski definition) is 5. The Morgan fingerprint density at radius 3 is 2.83 bits per heavy atom. The number of nitrogens with one attached hydrogen (secondary N) is 2. The van der Waals surface area contributed by atoms with Gasteiger partial charge in [-0.2, -0.15) is 4.98 Å². The van der Waals surface area contributed by atoms with Crippen LogP contribution < -0.4 is 10.6 Å². The Morgan fingerprint density at radius 1 is 1.22 bits per heavy atom. The number of nitrogens with zero attached hydrogens (tertiary/aromatic N) is 3. The van der Waals surface area contributed by atoms with E-state index < -0.39 is 0 Å². The molecule has 0 radical (unpaired) electrons. The third-order valence-corrected chi connectivity index (χ3v) is 5.22. The first kappa shape index (κ1) is 14.9. The molecule has 2 N–H and O–H groups in total. The van der Waals surface area contributed by atoms with Crippen LogP contribution in [-0.4, -0.2) is 46.2 Å². The molecule has 4 rings (SSSR count). The first-order chi connectivity index (χ1) is 11.3. The largest absolute Gasteiger partial charge is 0.337 e. The van der Waals surface area contributed by atoms with E-state index in [9.17, 15) is 4.79 Å². The predicted molar refractivity (Wildman–Crippen MR) is 83.9 cm³/mol. The zero-order valence-corrected chi connectivity index (χ0v) is 13.5. The summed E-state index contributed by atoms with van der Waals surface area (Å²) in [5.41, 5.74) is 0. The summed E-state index contributed by atoms with van der Waals surface area (Å²) in [6.07, 6.45) is 8.67. The van der Waals surface area contributed by atoms with E-state index >= 15 is 0 Å². The summed E-state index contributed by atoms with van der Waals surface area (Å²) < 4.78 is 5.16. The van der Waals surface area contributed by atoms with Crippen LogP contribution in [0.4, 0.5) is 4.79 Å². The van der Waals surface area contributed by atoms with Gasteiger partial charge in [0.15, 0.2) is 5.82 Å². The summed E-state index contributed by atoms with van der Waals surface area (Å²) in [6.45, 7) is 2.37. The van der Waals surface area contributed by atoms with Crippen molar-refractivity contribution in [3.8, 4) is 0 Å². The fourth-order valence-corrected chi connectivity index (χ4v) is 3.75. The number of amides is 2. The molecule has 1 aromatic heterocycles. The van der Waals surface area contributed by atoms with Gasteiger partial charge in [-0.3, -0.25) is 4.90 Å². The van der Waals surface area contributed by atoms with Crippen LogP contribution in [0.5, 0.6) is 0 Å². The smallest absolute Gasteiger partial charge is 0.315 e. The van der Waals surface area contributed by atoms with E-state index in [0.717, 1.165) is 44.2 Å². The molecule has 2 saturated carbocycles. The lowest BCUT2D eigenvalue weighted by molar-refractivity contribution is 0.226. The normalized spacial score (nSPS) is 25.8. The number of hydrogen-bond donors (Lipinski definition) is 2. The van der Waals surface area contributed by atoms with Crippen LogP contribution in [0, 0.1) is 0 Å². The second-order valence-corrected chi connectivity index (χ2v) is 7.07. The highest BCUT2D eigenvalue weighted by molar-refractivity contribution is 5.74. The molecular weight excluding hydrogens is 294 g/mol. The average Bonchev–Trinajstić information content (AvgIpc) is 3.00. The van der Waals surface area contributed by atoms with Gasteiger partial charge in [-0.15, -0.1) is 0 Å². The molecule has 3 aliphatic rings. The SMILES string of the molecule is O=C(NCc1nc(C2CC2)no1)N[C@@H]1CCN(C2CCCC2)C1. The molecule has 0 spiro atoms. The van der Waals surface area contributed by atoms with Gasteiger partial charge in [-0.05, 0) is 32.1 Å². The zero-order chi connectivity index (χ0) is 15.6. The zero-order valence-electron chi connectivity index (χ0n) is 13.5. The molecule has 2 amide bonds. The summed E-state index contributed by atoms with van der Waals surface area (Å²) >= 11 is 0. The van der Waals surface area contributed by atoms with Crippen LogP contribution in [0.15, 0.2) is 4.52 Å². The number of likely N-dealkylation sites (tertiary alicyclic amines) is 1. The Balaban J connectivity index is 1.19. The summed E-state index contributed by atoms with van der Waals surface area (Å²) in [5.74, 6) is 1.74. The minimum atomic E-state index is -0.144. The minimum Gasteiger partial charge on any atom is -0.337 e. The highest BCUT2D eigenvalue weighted by atomic mass is 16.5. The van der Waals surface area contributed by atoms with Crippen molar-refractivity contribution < 1.29 is 9.32 Å². The topological polar surface area (TPSA) is 83.3 Å². The van der Waals surface area contributed by atoms with E-state index in [2.05, 4.69) is 25.7 Å². The minimum absolute atomic E-state index is 0.144. The second-order valence-electron chi connectivity index (χ2n) is 7.07. The van der Waals surface area contributed by atoms with E-state index in [1.807, 2.05) is 0 Å². The average molecular weight is 319 g/mol. The van der Waals surface area contributed by atoms with Crippen LogP contribution in [0.3, 0.4) is 0 Å². The van der Waals surface area contributed by atoms with Crippen molar-refractivity contribution in [2.45, 2.75) is 69.5 Å². The Bertz CT molecular complexity index is 550. The maximum absolute atomic E-state index is 12.0. The second kappa shape index (κ2) is 6.47. The van der Waals surface area contributed by atoms with Gasteiger partial charge in [0.05, 0.1) is 6.54 Å². The maximum Gasteiger partial charge on any atom is 0.315 e.